The van der Waals surface area contributed by atoms with Crippen LogP contribution in [-0.4, -0.2) is 25.5 Å². The largest absolute Gasteiger partial charge is 0.375 e. The average Bonchev–Trinajstić information content (AvgIpc) is 2.61. The van der Waals surface area contributed by atoms with Crippen LogP contribution in [0.5, 0.6) is 0 Å². The lowest BCUT2D eigenvalue weighted by Crippen LogP contribution is -2.17. The van der Waals surface area contributed by atoms with Crippen molar-refractivity contribution in [3.05, 3.63) is 65.7 Å². The second-order valence-electron chi connectivity index (χ2n) is 7.25. The Morgan fingerprint density at radius 2 is 1.48 bits per heavy atom. The van der Waals surface area contributed by atoms with E-state index in [0.29, 0.717) is 11.4 Å². The van der Waals surface area contributed by atoms with Crippen LogP contribution in [-0.2, 0) is 19.7 Å². The highest BCUT2D eigenvalue weighted by Gasteiger charge is 2.12. The molecule has 5 nitrogen and oxygen atoms in total. The lowest BCUT2D eigenvalue weighted by atomic mass is 9.87. The van der Waals surface area contributed by atoms with E-state index in [9.17, 15) is 9.59 Å². The lowest BCUT2D eigenvalue weighted by molar-refractivity contribution is -0.119. The van der Waals surface area contributed by atoms with Crippen LogP contribution in [0.25, 0.3) is 6.08 Å². The molecular formula is C22H26N2O3. The van der Waals surface area contributed by atoms with Crippen LogP contribution in [0.2, 0.25) is 0 Å². The average molecular weight is 366 g/mol. The molecule has 0 aliphatic rings. The Labute approximate surface area is 160 Å². The molecule has 2 aromatic carbocycles. The van der Waals surface area contributed by atoms with Gasteiger partial charge in [-0.15, -0.1) is 0 Å². The maximum atomic E-state index is 12.1. The number of benzene rings is 2. The van der Waals surface area contributed by atoms with Gasteiger partial charge in [0.25, 0.3) is 0 Å². The summed E-state index contributed by atoms with van der Waals surface area (Å²) in [6.07, 6.45) is 3.28. The van der Waals surface area contributed by atoms with Gasteiger partial charge in [-0.3, -0.25) is 9.59 Å². The van der Waals surface area contributed by atoms with Gasteiger partial charge in [-0.25, -0.2) is 0 Å². The lowest BCUT2D eigenvalue weighted by Gasteiger charge is -2.18. The number of methoxy groups -OCH3 is 1. The zero-order valence-corrected chi connectivity index (χ0v) is 16.2. The molecule has 27 heavy (non-hydrogen) atoms. The highest BCUT2D eigenvalue weighted by Crippen LogP contribution is 2.22. The fourth-order valence-electron chi connectivity index (χ4n) is 2.42. The highest BCUT2D eigenvalue weighted by atomic mass is 16.5. The van der Waals surface area contributed by atoms with Gasteiger partial charge >= 0.3 is 0 Å². The Morgan fingerprint density at radius 3 is 2.00 bits per heavy atom. The fraction of sp³-hybridized carbons (Fsp3) is 0.273. The minimum Gasteiger partial charge on any atom is -0.375 e. The molecule has 2 rings (SSSR count). The maximum absolute atomic E-state index is 12.1. The molecule has 0 unspecified atom stereocenters. The summed E-state index contributed by atoms with van der Waals surface area (Å²) in [5, 5.41) is 5.48. The van der Waals surface area contributed by atoms with Gasteiger partial charge in [-0.1, -0.05) is 45.0 Å². The molecule has 0 spiro atoms. The predicted octanol–water partition coefficient (Wildman–Crippen LogP) is 4.22. The van der Waals surface area contributed by atoms with E-state index in [2.05, 4.69) is 43.5 Å². The van der Waals surface area contributed by atoms with Crippen molar-refractivity contribution in [2.24, 2.45) is 0 Å². The molecule has 0 heterocycles. The summed E-state index contributed by atoms with van der Waals surface area (Å²) in [7, 11) is 1.46. The smallest absolute Gasteiger partial charge is 0.250 e. The Hall–Kier alpha value is -2.92. The number of anilines is 2. The number of ether oxygens (including phenoxy) is 1. The molecule has 2 aromatic rings. The van der Waals surface area contributed by atoms with Gasteiger partial charge < -0.3 is 15.4 Å². The number of amides is 2. The Bertz CT molecular complexity index is 801. The van der Waals surface area contributed by atoms with Gasteiger partial charge in [0.1, 0.15) is 6.61 Å². The van der Waals surface area contributed by atoms with Crippen LogP contribution in [0.15, 0.2) is 54.6 Å². The number of rotatable bonds is 6. The first-order chi connectivity index (χ1) is 12.8. The van der Waals surface area contributed by atoms with Crippen molar-refractivity contribution in [3.63, 3.8) is 0 Å². The zero-order chi connectivity index (χ0) is 19.9. The predicted molar refractivity (Wildman–Crippen MR) is 110 cm³/mol. The van der Waals surface area contributed by atoms with E-state index in [4.69, 9.17) is 4.74 Å². The molecule has 0 aliphatic heterocycles. The Kier molecular flexibility index (Phi) is 6.91. The van der Waals surface area contributed by atoms with Crippen molar-refractivity contribution in [1.29, 1.82) is 0 Å². The van der Waals surface area contributed by atoms with Crippen LogP contribution in [0.4, 0.5) is 11.4 Å². The first-order valence-corrected chi connectivity index (χ1v) is 8.76. The number of hydrogen-bond donors (Lipinski definition) is 2. The molecular weight excluding hydrogens is 340 g/mol. The van der Waals surface area contributed by atoms with E-state index >= 15 is 0 Å². The number of hydrogen-bond acceptors (Lipinski definition) is 3. The molecule has 0 saturated carbocycles. The van der Waals surface area contributed by atoms with Crippen LogP contribution in [0.3, 0.4) is 0 Å². The number of nitrogens with one attached hydrogen (secondary N) is 2. The number of carbonyl (C=O) groups is 2. The summed E-state index contributed by atoms with van der Waals surface area (Å²) in [5.41, 5.74) is 3.62. The zero-order valence-electron chi connectivity index (χ0n) is 16.2. The first kappa shape index (κ1) is 20.4. The van der Waals surface area contributed by atoms with Gasteiger partial charge in [0.15, 0.2) is 0 Å². The quantitative estimate of drug-likeness (QED) is 0.752. The van der Waals surface area contributed by atoms with E-state index in [1.807, 2.05) is 12.1 Å². The molecule has 5 heteroatoms. The fourth-order valence-corrected chi connectivity index (χ4v) is 2.42. The summed E-state index contributed by atoms with van der Waals surface area (Å²) in [6, 6.07) is 15.1. The number of carbonyl (C=O) groups excluding carboxylic acids is 2. The highest BCUT2D eigenvalue weighted by molar-refractivity contribution is 6.02. The summed E-state index contributed by atoms with van der Waals surface area (Å²) in [6.45, 7) is 6.50. The molecule has 0 aliphatic carbocycles. The normalized spacial score (nSPS) is 11.4. The topological polar surface area (TPSA) is 67.4 Å². The first-order valence-electron chi connectivity index (χ1n) is 8.76. The molecule has 0 radical (unpaired) electrons. The minimum atomic E-state index is -0.227. The van der Waals surface area contributed by atoms with Crippen LogP contribution in [0, 0.1) is 0 Å². The Balaban J connectivity index is 1.91. The van der Waals surface area contributed by atoms with Gasteiger partial charge in [-0.05, 0) is 46.9 Å². The molecule has 0 bridgehead atoms. The second-order valence-corrected chi connectivity index (χ2v) is 7.25. The summed E-state index contributed by atoms with van der Waals surface area (Å²) in [5.74, 6) is -0.444. The third-order valence-corrected chi connectivity index (χ3v) is 3.92. The van der Waals surface area contributed by atoms with Crippen molar-refractivity contribution in [1.82, 2.24) is 0 Å². The van der Waals surface area contributed by atoms with E-state index in [-0.39, 0.29) is 23.8 Å². The Morgan fingerprint density at radius 1 is 0.926 bits per heavy atom. The van der Waals surface area contributed by atoms with Gasteiger partial charge in [0.05, 0.1) is 0 Å². The third-order valence-electron chi connectivity index (χ3n) is 3.92. The van der Waals surface area contributed by atoms with Crippen molar-refractivity contribution in [3.8, 4) is 0 Å². The maximum Gasteiger partial charge on any atom is 0.250 e. The van der Waals surface area contributed by atoms with E-state index in [0.717, 1.165) is 5.56 Å². The van der Waals surface area contributed by atoms with E-state index < -0.39 is 0 Å². The monoisotopic (exact) mass is 366 g/mol. The van der Waals surface area contributed by atoms with Crippen molar-refractivity contribution in [2.75, 3.05) is 24.4 Å². The van der Waals surface area contributed by atoms with Crippen LogP contribution < -0.4 is 10.6 Å². The molecule has 0 atom stereocenters. The van der Waals surface area contributed by atoms with E-state index in [1.54, 1.807) is 30.3 Å². The van der Waals surface area contributed by atoms with Crippen molar-refractivity contribution in [2.45, 2.75) is 26.2 Å². The van der Waals surface area contributed by atoms with Crippen LogP contribution >= 0.6 is 0 Å². The molecule has 2 amide bonds. The summed E-state index contributed by atoms with van der Waals surface area (Å²) >= 11 is 0. The minimum absolute atomic E-state index is 0.0000138. The van der Waals surface area contributed by atoms with Crippen LogP contribution in [0.1, 0.15) is 31.9 Å². The summed E-state index contributed by atoms with van der Waals surface area (Å²) < 4.78 is 4.76. The molecule has 0 aromatic heterocycles. The van der Waals surface area contributed by atoms with Crippen molar-refractivity contribution >= 4 is 29.3 Å². The molecule has 0 saturated heterocycles. The van der Waals surface area contributed by atoms with Gasteiger partial charge in [-0.2, -0.15) is 0 Å². The molecule has 2 N–H and O–H groups in total. The SMILES string of the molecule is COCC(=O)Nc1ccc(NC(=O)/C=C/c2ccc(C(C)(C)C)cc2)cc1. The van der Waals surface area contributed by atoms with Gasteiger partial charge in [0.2, 0.25) is 11.8 Å². The molecule has 0 fully saturated rings. The second kappa shape index (κ2) is 9.14. The van der Waals surface area contributed by atoms with E-state index in [1.165, 1.54) is 18.7 Å². The summed E-state index contributed by atoms with van der Waals surface area (Å²) in [4.78, 5) is 23.5. The van der Waals surface area contributed by atoms with Crippen molar-refractivity contribution < 1.29 is 14.3 Å². The van der Waals surface area contributed by atoms with Gasteiger partial charge in [0, 0.05) is 24.6 Å². The standard InChI is InChI=1S/C22H26N2O3/c1-22(2,3)17-8-5-16(6-9-17)7-14-20(25)23-18-10-12-19(13-11-18)24-21(26)15-27-4/h5-14H,15H2,1-4H3,(H,23,25)(H,24,26)/b14-7+. The third kappa shape index (κ3) is 6.72. The molecule has 142 valence electrons.